The van der Waals surface area contributed by atoms with Crippen LogP contribution in [0.2, 0.25) is 0 Å². The van der Waals surface area contributed by atoms with Crippen molar-refractivity contribution in [1.29, 1.82) is 0 Å². The van der Waals surface area contributed by atoms with Gasteiger partial charge in [-0.15, -0.1) is 13.2 Å². The van der Waals surface area contributed by atoms with Crippen molar-refractivity contribution in [2.45, 2.75) is 31.0 Å². The van der Waals surface area contributed by atoms with Gasteiger partial charge in [0, 0.05) is 12.3 Å². The third-order valence-electron chi connectivity index (χ3n) is 3.07. The fourth-order valence-corrected chi connectivity index (χ4v) is 2.51. The molecule has 0 fully saturated rings. The van der Waals surface area contributed by atoms with Crippen molar-refractivity contribution in [3.63, 3.8) is 0 Å². The Morgan fingerprint density at radius 3 is 2.19 bits per heavy atom. The maximum absolute atomic E-state index is 12.0. The van der Waals surface area contributed by atoms with Crippen molar-refractivity contribution in [3.05, 3.63) is 29.8 Å². The van der Waals surface area contributed by atoms with Crippen molar-refractivity contribution in [2.75, 3.05) is 6.26 Å². The molecule has 0 spiro atoms. The topological polar surface area (TPSA) is 81.4 Å². The molecule has 1 rings (SSSR count). The normalized spacial score (nSPS) is 15.5. The lowest BCUT2D eigenvalue weighted by Gasteiger charge is -2.22. The van der Waals surface area contributed by atoms with Gasteiger partial charge in [-0.2, -0.15) is 0 Å². The van der Waals surface area contributed by atoms with Gasteiger partial charge < -0.3 is 4.74 Å². The molecule has 1 aromatic rings. The van der Waals surface area contributed by atoms with Crippen LogP contribution in [0.5, 0.6) is 5.75 Å². The van der Waals surface area contributed by atoms with E-state index in [0.717, 1.165) is 6.26 Å². The minimum Gasteiger partial charge on any atom is -0.406 e. The summed E-state index contributed by atoms with van der Waals surface area (Å²) in [7, 11) is -3.28. The molecule has 0 amide bonds. The predicted octanol–water partition coefficient (Wildman–Crippen LogP) is 1.39. The van der Waals surface area contributed by atoms with E-state index >= 15 is 0 Å². The largest absolute Gasteiger partial charge is 0.573 e. The smallest absolute Gasteiger partial charge is 0.406 e. The molecular formula is C12H17F3N2O3S. The average molecular weight is 326 g/mol. The minimum absolute atomic E-state index is 0.261. The Morgan fingerprint density at radius 2 is 1.81 bits per heavy atom. The van der Waals surface area contributed by atoms with Crippen LogP contribution in [0.25, 0.3) is 0 Å². The number of hydrazine groups is 1. The summed E-state index contributed by atoms with van der Waals surface area (Å²) in [6.45, 7) is 1.51. The maximum Gasteiger partial charge on any atom is 0.573 e. The summed E-state index contributed by atoms with van der Waals surface area (Å²) in [5, 5.41) is -0.728. The first kappa shape index (κ1) is 17.7. The zero-order valence-corrected chi connectivity index (χ0v) is 12.3. The van der Waals surface area contributed by atoms with Crippen LogP contribution in [0.3, 0.4) is 0 Å². The number of hydrogen-bond donors (Lipinski definition) is 2. The van der Waals surface area contributed by atoms with Gasteiger partial charge in [0.1, 0.15) is 5.75 Å². The molecule has 0 aliphatic heterocycles. The van der Waals surface area contributed by atoms with Crippen LogP contribution in [0.1, 0.15) is 12.5 Å². The Hall–Kier alpha value is -1.32. The Balaban J connectivity index is 2.78. The van der Waals surface area contributed by atoms with Gasteiger partial charge in [-0.05, 0) is 31.0 Å². The second kappa shape index (κ2) is 6.63. The van der Waals surface area contributed by atoms with E-state index in [0.29, 0.717) is 5.56 Å². The molecule has 0 radical (unpaired) electrons. The Morgan fingerprint density at radius 1 is 1.29 bits per heavy atom. The second-order valence-electron chi connectivity index (χ2n) is 4.70. The van der Waals surface area contributed by atoms with E-state index in [4.69, 9.17) is 5.84 Å². The summed E-state index contributed by atoms with van der Waals surface area (Å²) >= 11 is 0. The van der Waals surface area contributed by atoms with E-state index in [1.165, 1.54) is 31.2 Å². The second-order valence-corrected chi connectivity index (χ2v) is 7.11. The number of nitrogens with one attached hydrogen (secondary N) is 1. The zero-order valence-electron chi connectivity index (χ0n) is 11.5. The molecule has 0 saturated heterocycles. The number of nitrogens with two attached hydrogens (primary N) is 1. The van der Waals surface area contributed by atoms with Gasteiger partial charge >= 0.3 is 6.36 Å². The first-order valence-corrected chi connectivity index (χ1v) is 7.98. The minimum atomic E-state index is -4.74. The summed E-state index contributed by atoms with van der Waals surface area (Å²) < 4.78 is 62.8. The fraction of sp³-hybridized carbons (Fsp3) is 0.500. The lowest BCUT2D eigenvalue weighted by Crippen LogP contribution is -2.47. The van der Waals surface area contributed by atoms with E-state index in [9.17, 15) is 21.6 Å². The van der Waals surface area contributed by atoms with Gasteiger partial charge in [-0.3, -0.25) is 11.3 Å². The van der Waals surface area contributed by atoms with E-state index in [1.807, 2.05) is 0 Å². The molecule has 0 bridgehead atoms. The van der Waals surface area contributed by atoms with Gasteiger partial charge in [0.2, 0.25) is 0 Å². The third kappa shape index (κ3) is 5.90. The Labute approximate surface area is 121 Å². The number of benzene rings is 1. The summed E-state index contributed by atoms with van der Waals surface area (Å²) in [5.74, 6) is 5.01. The van der Waals surface area contributed by atoms with Crippen molar-refractivity contribution in [3.8, 4) is 5.75 Å². The van der Waals surface area contributed by atoms with Crippen molar-refractivity contribution >= 4 is 9.84 Å². The van der Waals surface area contributed by atoms with E-state index in [-0.39, 0.29) is 12.2 Å². The monoisotopic (exact) mass is 326 g/mol. The van der Waals surface area contributed by atoms with Gasteiger partial charge in [-0.25, -0.2) is 8.42 Å². The number of hydrogen-bond acceptors (Lipinski definition) is 5. The summed E-state index contributed by atoms with van der Waals surface area (Å²) in [6.07, 6.45) is -3.38. The highest BCUT2D eigenvalue weighted by molar-refractivity contribution is 7.91. The SMILES string of the molecule is CC(C(Cc1ccc(OC(F)(F)F)cc1)NN)S(C)(=O)=O. The van der Waals surface area contributed by atoms with Crippen LogP contribution in [0, 0.1) is 0 Å². The van der Waals surface area contributed by atoms with Crippen LogP contribution in [-0.2, 0) is 16.3 Å². The molecule has 9 heteroatoms. The molecule has 0 aromatic heterocycles. The molecule has 0 saturated carbocycles. The Bertz CT molecular complexity index is 558. The van der Waals surface area contributed by atoms with Gasteiger partial charge in [0.05, 0.1) is 5.25 Å². The van der Waals surface area contributed by atoms with Crippen LogP contribution >= 0.6 is 0 Å². The van der Waals surface area contributed by atoms with E-state index in [2.05, 4.69) is 10.2 Å². The molecule has 5 nitrogen and oxygen atoms in total. The third-order valence-corrected chi connectivity index (χ3v) is 4.75. The molecule has 0 aliphatic rings. The fourth-order valence-electron chi connectivity index (χ4n) is 1.74. The highest BCUT2D eigenvalue weighted by Gasteiger charge is 2.31. The highest BCUT2D eigenvalue weighted by Crippen LogP contribution is 2.23. The molecule has 0 aliphatic carbocycles. The first-order chi connectivity index (χ1) is 9.53. The number of ether oxygens (including phenoxy) is 1. The van der Waals surface area contributed by atoms with Crippen molar-refractivity contribution < 1.29 is 26.3 Å². The lowest BCUT2D eigenvalue weighted by atomic mass is 10.0. The van der Waals surface area contributed by atoms with Gasteiger partial charge in [0.15, 0.2) is 9.84 Å². The summed E-state index contributed by atoms with van der Waals surface area (Å²) in [4.78, 5) is 0. The van der Waals surface area contributed by atoms with Crippen molar-refractivity contribution in [2.24, 2.45) is 5.84 Å². The van der Waals surface area contributed by atoms with Gasteiger partial charge in [0.25, 0.3) is 0 Å². The number of alkyl halides is 3. The molecule has 2 atom stereocenters. The summed E-state index contributed by atoms with van der Waals surface area (Å²) in [6, 6.07) is 4.65. The van der Waals surface area contributed by atoms with E-state index in [1.54, 1.807) is 0 Å². The maximum atomic E-state index is 12.0. The van der Waals surface area contributed by atoms with Crippen LogP contribution in [0.4, 0.5) is 13.2 Å². The van der Waals surface area contributed by atoms with E-state index < -0.39 is 27.5 Å². The number of sulfone groups is 1. The zero-order chi connectivity index (χ0) is 16.3. The quantitative estimate of drug-likeness (QED) is 0.610. The molecule has 2 unspecified atom stereocenters. The standard InChI is InChI=1S/C12H17F3N2O3S/c1-8(21(2,18)19)11(17-16)7-9-3-5-10(6-4-9)20-12(13,14)15/h3-6,8,11,17H,7,16H2,1-2H3. The van der Waals surface area contributed by atoms with Crippen LogP contribution in [-0.4, -0.2) is 32.3 Å². The number of rotatable bonds is 6. The lowest BCUT2D eigenvalue weighted by molar-refractivity contribution is -0.274. The molecule has 120 valence electrons. The number of halogens is 3. The summed E-state index contributed by atoms with van der Waals surface area (Å²) in [5.41, 5.74) is 3.06. The first-order valence-electron chi connectivity index (χ1n) is 6.02. The average Bonchev–Trinajstić information content (AvgIpc) is 2.34. The molecular weight excluding hydrogens is 309 g/mol. The van der Waals surface area contributed by atoms with Gasteiger partial charge in [-0.1, -0.05) is 12.1 Å². The molecule has 3 N–H and O–H groups in total. The van der Waals surface area contributed by atoms with Crippen LogP contribution < -0.4 is 16.0 Å². The predicted molar refractivity (Wildman–Crippen MR) is 72.2 cm³/mol. The van der Waals surface area contributed by atoms with Crippen LogP contribution in [0.15, 0.2) is 24.3 Å². The molecule has 0 heterocycles. The Kier molecular flexibility index (Phi) is 5.60. The van der Waals surface area contributed by atoms with Crippen molar-refractivity contribution in [1.82, 2.24) is 5.43 Å². The molecule has 21 heavy (non-hydrogen) atoms. The highest BCUT2D eigenvalue weighted by atomic mass is 32.2. The molecule has 1 aromatic carbocycles.